The minimum atomic E-state index is -5.22. The molecule has 134 valence electrons. The molecule has 0 aromatic carbocycles. The predicted molar refractivity (Wildman–Crippen MR) is 76.9 cm³/mol. The number of aliphatic hydroxyl groups excluding tert-OH is 2. The first-order valence-corrected chi connectivity index (χ1v) is 8.47. The van der Waals surface area contributed by atoms with Crippen molar-refractivity contribution >= 4 is 25.7 Å². The van der Waals surface area contributed by atoms with Gasteiger partial charge in [0.1, 0.15) is 37.0 Å². The van der Waals surface area contributed by atoms with Crippen molar-refractivity contribution in [1.82, 2.24) is 4.90 Å². The van der Waals surface area contributed by atoms with E-state index in [4.69, 9.17) is 10.5 Å². The molecule has 3 rings (SSSR count). The molecule has 0 aliphatic carbocycles. The summed E-state index contributed by atoms with van der Waals surface area (Å²) < 4.78 is 20.1. The van der Waals surface area contributed by atoms with Crippen LogP contribution in [0.5, 0.6) is 0 Å². The quantitative estimate of drug-likeness (QED) is 0.300. The summed E-state index contributed by atoms with van der Waals surface area (Å²) in [5, 5.41) is 20.1. The molecule has 3 aliphatic rings. The topological polar surface area (TPSA) is 188 Å². The monoisotopic (exact) mass is 407 g/mol. The SMILES string of the molecule is CC1(N)N=CN=C2C1=NCN2[C@@H]1O[C@H](COP(=O)([O-])[O-])[C@@H](O)[C@H]1O.[Na+].[Na+]. The average molecular weight is 407 g/mol. The second kappa shape index (κ2) is 9.06. The summed E-state index contributed by atoms with van der Waals surface area (Å²) in [4.78, 5) is 34.9. The van der Waals surface area contributed by atoms with Crippen LogP contribution < -0.4 is 74.6 Å². The van der Waals surface area contributed by atoms with Gasteiger partial charge >= 0.3 is 59.1 Å². The van der Waals surface area contributed by atoms with Gasteiger partial charge in [0.2, 0.25) is 0 Å². The molecule has 0 bridgehead atoms. The number of hydrogen-bond acceptors (Lipinski definition) is 12. The summed E-state index contributed by atoms with van der Waals surface area (Å²) in [7, 11) is -5.22. The Labute approximate surface area is 193 Å². The summed E-state index contributed by atoms with van der Waals surface area (Å²) in [6.45, 7) is 0.995. The Hall–Kier alpha value is 0.760. The van der Waals surface area contributed by atoms with E-state index < -0.39 is 44.6 Å². The van der Waals surface area contributed by atoms with Gasteiger partial charge in [-0.05, 0) is 6.92 Å². The standard InChI is InChI=1S/C11H18N5O7P.2Na/c1-11(12)8-9(13-3-15-11)16(4-14-8)10-7(18)6(17)5(23-10)2-22-24(19,20)21;;/h3,5-7,10,17-18H,2,4,12H2,1H3,(H2,19,20,21);;/q;2*+1/p-2/t5-,6-,7-,10-,11?;;/m1../s1. The first kappa shape index (κ1) is 24.8. The van der Waals surface area contributed by atoms with Crippen LogP contribution in [0.25, 0.3) is 0 Å². The van der Waals surface area contributed by atoms with Gasteiger partial charge in [0.25, 0.3) is 0 Å². The molecule has 1 fully saturated rings. The Morgan fingerprint density at radius 3 is 2.73 bits per heavy atom. The van der Waals surface area contributed by atoms with Gasteiger partial charge in [-0.3, -0.25) is 4.99 Å². The molecule has 1 saturated heterocycles. The number of aliphatic imine (C=N–C) groups is 3. The van der Waals surface area contributed by atoms with E-state index in [2.05, 4.69) is 19.5 Å². The van der Waals surface area contributed by atoms with E-state index in [-0.39, 0.29) is 65.8 Å². The number of nitrogens with two attached hydrogens (primary N) is 1. The second-order valence-electron chi connectivity index (χ2n) is 5.75. The molecule has 1 unspecified atom stereocenters. The van der Waals surface area contributed by atoms with Crippen LogP contribution in [0.4, 0.5) is 0 Å². The Balaban J connectivity index is 0.00000169. The fourth-order valence-electron chi connectivity index (χ4n) is 2.70. The molecule has 4 N–H and O–H groups in total. The maximum Gasteiger partial charge on any atom is 1.00 e. The molecular weight excluding hydrogens is 391 g/mol. The molecule has 0 saturated carbocycles. The fraction of sp³-hybridized carbons (Fsp3) is 0.727. The zero-order chi connectivity index (χ0) is 17.7. The molecule has 0 radical (unpaired) electrons. The van der Waals surface area contributed by atoms with Gasteiger partial charge < -0.3 is 44.5 Å². The molecule has 3 heterocycles. The second-order valence-corrected chi connectivity index (χ2v) is 6.90. The maximum absolute atomic E-state index is 10.5. The summed E-state index contributed by atoms with van der Waals surface area (Å²) in [6.07, 6.45) is -3.85. The molecule has 0 spiro atoms. The third-order valence-electron chi connectivity index (χ3n) is 3.89. The minimum Gasteiger partial charge on any atom is -0.790 e. The Morgan fingerprint density at radius 2 is 2.12 bits per heavy atom. The Kier molecular flexibility index (Phi) is 8.64. The normalized spacial score (nSPS) is 36.0. The van der Waals surface area contributed by atoms with Crippen LogP contribution in [-0.4, -0.2) is 76.5 Å². The molecule has 12 nitrogen and oxygen atoms in total. The van der Waals surface area contributed by atoms with E-state index in [1.807, 2.05) is 0 Å². The number of nitrogens with zero attached hydrogens (tertiary/aromatic N) is 4. The van der Waals surface area contributed by atoms with Gasteiger partial charge in [-0.2, -0.15) is 0 Å². The van der Waals surface area contributed by atoms with Crippen LogP contribution in [0, 0.1) is 0 Å². The summed E-state index contributed by atoms with van der Waals surface area (Å²) in [5.74, 6) is 0.339. The summed E-state index contributed by atoms with van der Waals surface area (Å²) in [6, 6.07) is 0. The van der Waals surface area contributed by atoms with Crippen molar-refractivity contribution in [1.29, 1.82) is 0 Å². The van der Waals surface area contributed by atoms with Gasteiger partial charge in [-0.25, -0.2) is 9.98 Å². The van der Waals surface area contributed by atoms with Gasteiger partial charge in [0.05, 0.1) is 14.4 Å². The number of fused-ring (bicyclic) bond motifs is 1. The number of ether oxygens (including phenoxy) is 1. The van der Waals surface area contributed by atoms with Gasteiger partial charge in [0, 0.05) is 0 Å². The van der Waals surface area contributed by atoms with E-state index in [9.17, 15) is 24.6 Å². The predicted octanol–water partition coefficient (Wildman–Crippen LogP) is -9.88. The van der Waals surface area contributed by atoms with Crippen LogP contribution in [-0.2, 0) is 13.8 Å². The minimum absolute atomic E-state index is 0. The third-order valence-corrected chi connectivity index (χ3v) is 4.36. The van der Waals surface area contributed by atoms with E-state index in [1.54, 1.807) is 6.92 Å². The zero-order valence-corrected chi connectivity index (χ0v) is 19.4. The van der Waals surface area contributed by atoms with E-state index >= 15 is 0 Å². The first-order valence-electron chi connectivity index (χ1n) is 7.01. The van der Waals surface area contributed by atoms with E-state index in [0.717, 1.165) is 0 Å². The first-order chi connectivity index (χ1) is 11.1. The van der Waals surface area contributed by atoms with Crippen LogP contribution in [0.2, 0.25) is 0 Å². The number of amidine groups is 1. The fourth-order valence-corrected chi connectivity index (χ4v) is 3.03. The number of aliphatic hydroxyl groups is 2. The van der Waals surface area contributed by atoms with Crippen LogP contribution >= 0.6 is 7.82 Å². The molecule has 3 aliphatic heterocycles. The molecule has 5 atom stereocenters. The van der Waals surface area contributed by atoms with Crippen LogP contribution in [0.15, 0.2) is 15.0 Å². The van der Waals surface area contributed by atoms with E-state index in [0.29, 0.717) is 11.5 Å². The molecule has 0 amide bonds. The Bertz CT molecular complexity index is 669. The van der Waals surface area contributed by atoms with Gasteiger partial charge in [0.15, 0.2) is 17.7 Å². The number of phosphoric ester groups is 1. The van der Waals surface area contributed by atoms with Crippen molar-refractivity contribution in [2.45, 2.75) is 37.1 Å². The van der Waals surface area contributed by atoms with Crippen molar-refractivity contribution in [2.24, 2.45) is 20.7 Å². The molecule has 15 heteroatoms. The smallest absolute Gasteiger partial charge is 0.790 e. The zero-order valence-electron chi connectivity index (χ0n) is 14.6. The average Bonchev–Trinajstić information content (AvgIpc) is 3.00. The Morgan fingerprint density at radius 1 is 1.46 bits per heavy atom. The van der Waals surface area contributed by atoms with Gasteiger partial charge in [-0.15, -0.1) is 0 Å². The van der Waals surface area contributed by atoms with Crippen LogP contribution in [0.3, 0.4) is 0 Å². The van der Waals surface area contributed by atoms with E-state index in [1.165, 1.54) is 11.2 Å². The number of rotatable bonds is 4. The molecular formula is C11H16N5Na2O7P. The van der Waals surface area contributed by atoms with Crippen molar-refractivity contribution < 1.29 is 92.9 Å². The molecule has 26 heavy (non-hydrogen) atoms. The number of phosphoric acid groups is 1. The third kappa shape index (κ3) is 5.02. The van der Waals surface area contributed by atoms with Crippen molar-refractivity contribution in [2.75, 3.05) is 13.3 Å². The summed E-state index contributed by atoms with van der Waals surface area (Å²) in [5.41, 5.74) is 5.33. The largest absolute Gasteiger partial charge is 1.00 e. The van der Waals surface area contributed by atoms with Gasteiger partial charge in [-0.1, -0.05) is 0 Å². The maximum atomic E-state index is 10.5. The van der Waals surface area contributed by atoms with Crippen molar-refractivity contribution in [3.63, 3.8) is 0 Å². The van der Waals surface area contributed by atoms with Crippen molar-refractivity contribution in [3.05, 3.63) is 0 Å². The number of hydrogen-bond donors (Lipinski definition) is 3. The molecule has 0 aromatic rings. The summed E-state index contributed by atoms with van der Waals surface area (Å²) >= 11 is 0. The molecule has 0 aromatic heterocycles. The van der Waals surface area contributed by atoms with Crippen LogP contribution in [0.1, 0.15) is 6.92 Å². The van der Waals surface area contributed by atoms with Crippen molar-refractivity contribution in [3.8, 4) is 0 Å².